The Balaban J connectivity index is 1.22. The van der Waals surface area contributed by atoms with Crippen molar-refractivity contribution in [2.45, 2.75) is 397 Å². The highest BCUT2D eigenvalue weighted by Gasteiger charge is 2.80. The molecule has 0 aromatic carbocycles. The maximum atomic E-state index is 9.21. The molecule has 10 rings (SSSR count). The van der Waals surface area contributed by atoms with Crippen LogP contribution < -0.4 is 0 Å². The number of allylic oxidation sites excluding steroid dienone is 6. The van der Waals surface area contributed by atoms with Gasteiger partial charge in [0.2, 0.25) is 0 Å². The lowest BCUT2D eigenvalue weighted by Gasteiger charge is -2.59. The van der Waals surface area contributed by atoms with Crippen molar-refractivity contribution in [1.82, 2.24) is 0 Å². The standard InChI is InChI=1S/C76H122O3/c1-61(63-45-33-21-9-3-10-22-34-46-63)75(69(65-49-37-25-13-5-14-26-38-50-65)77-70(75)66-51-39-27-15-6-16-28-40-52-66)73(57-58-73)79-74(59-60-74)76(62(2)64-47-35-23-11-4-12-24-36-48-64)71(67-53-41-29-17-7-18-30-42-54-67)78-72(76)68-55-43-31-19-8-20-32-44-56-68/h3-60H2,1-2H3. The Morgan fingerprint density at radius 2 is 0.405 bits per heavy atom. The third-order valence-electron chi connectivity index (χ3n) is 23.1. The lowest BCUT2D eigenvalue weighted by molar-refractivity contribution is -0.180. The average Bonchev–Trinajstić information content (AvgIpc) is 3.29. The van der Waals surface area contributed by atoms with Crippen LogP contribution in [0.4, 0.5) is 0 Å². The van der Waals surface area contributed by atoms with Crippen molar-refractivity contribution < 1.29 is 14.2 Å². The van der Waals surface area contributed by atoms with Crippen LogP contribution >= 0.6 is 0 Å². The second-order valence-electron chi connectivity index (χ2n) is 28.8. The molecule has 10 fully saturated rings. The summed E-state index contributed by atoms with van der Waals surface area (Å²) in [7, 11) is 0. The van der Waals surface area contributed by atoms with E-state index in [0.29, 0.717) is 0 Å². The fourth-order valence-corrected chi connectivity index (χ4v) is 18.2. The molecule has 0 aromatic rings. The molecular weight excluding hydrogens is 961 g/mol. The van der Waals surface area contributed by atoms with Gasteiger partial charge in [-0.05, 0) is 216 Å². The van der Waals surface area contributed by atoms with Gasteiger partial charge in [0.05, 0.1) is 11.2 Å². The largest absolute Gasteiger partial charge is 0.463 e. The molecule has 0 radical (unpaired) electrons. The quantitative estimate of drug-likeness (QED) is 0.248. The van der Waals surface area contributed by atoms with Crippen molar-refractivity contribution in [2.24, 2.45) is 10.8 Å². The Labute approximate surface area is 487 Å². The van der Waals surface area contributed by atoms with Crippen LogP contribution in [0.15, 0.2) is 67.6 Å². The predicted molar refractivity (Wildman–Crippen MR) is 335 cm³/mol. The molecule has 8 saturated carbocycles. The minimum Gasteiger partial charge on any atom is -0.463 e. The Bertz CT molecular complexity index is 1730. The van der Waals surface area contributed by atoms with Gasteiger partial charge >= 0.3 is 0 Å². The third-order valence-corrected chi connectivity index (χ3v) is 23.1. The van der Waals surface area contributed by atoms with E-state index in [1.807, 2.05) is 11.1 Å². The van der Waals surface area contributed by atoms with E-state index in [2.05, 4.69) is 13.8 Å². The van der Waals surface area contributed by atoms with E-state index in [1.165, 1.54) is 395 Å². The molecule has 444 valence electrons. The number of hydrogen-bond acceptors (Lipinski definition) is 3. The topological polar surface area (TPSA) is 27.7 Å². The van der Waals surface area contributed by atoms with Crippen LogP contribution in [0.1, 0.15) is 386 Å². The van der Waals surface area contributed by atoms with Gasteiger partial charge in [0, 0.05) is 0 Å². The summed E-state index contributed by atoms with van der Waals surface area (Å²) in [5.41, 5.74) is 12.7. The predicted octanol–water partition coefficient (Wildman–Crippen LogP) is 24.9. The zero-order valence-electron chi connectivity index (χ0n) is 52.2. The van der Waals surface area contributed by atoms with E-state index < -0.39 is 0 Å². The summed E-state index contributed by atoms with van der Waals surface area (Å²) in [6.07, 6.45) is 77.4. The number of hydrogen-bond donors (Lipinski definition) is 0. The molecule has 0 aromatic heterocycles. The number of ether oxygens (including phenoxy) is 3. The molecular formula is C76H122O3. The van der Waals surface area contributed by atoms with E-state index in [1.54, 1.807) is 33.4 Å². The average molecular weight is 1080 g/mol. The second kappa shape index (κ2) is 30.2. The van der Waals surface area contributed by atoms with Crippen molar-refractivity contribution in [2.75, 3.05) is 0 Å². The SMILES string of the molecule is CC(=C1CCCCCCCCC1)C1(C2(OC3(C4(C(C)=C5CCCCCCCCC5)C(=C5CCCCCCCCC5)OC4=C4CCCCCCCCC4)CC3)CC2)C(=C2CCCCCCCCC2)OC1=C1CCCCCCCCC1. The second-order valence-corrected chi connectivity index (χ2v) is 28.8. The van der Waals surface area contributed by atoms with E-state index in [4.69, 9.17) is 9.47 Å². The van der Waals surface area contributed by atoms with Gasteiger partial charge < -0.3 is 14.2 Å². The maximum Gasteiger partial charge on any atom is 0.136 e. The first-order chi connectivity index (χ1) is 39.0. The molecule has 0 amide bonds. The smallest absolute Gasteiger partial charge is 0.136 e. The highest BCUT2D eigenvalue weighted by atomic mass is 16.6. The van der Waals surface area contributed by atoms with Crippen molar-refractivity contribution >= 4 is 0 Å². The van der Waals surface area contributed by atoms with Gasteiger partial charge in [-0.1, -0.05) is 215 Å². The Hall–Kier alpha value is -2.00. The summed E-state index contributed by atoms with van der Waals surface area (Å²) < 4.78 is 25.2. The first-order valence-electron chi connectivity index (χ1n) is 36.4. The Kier molecular flexibility index (Phi) is 23.0. The van der Waals surface area contributed by atoms with Gasteiger partial charge in [-0.25, -0.2) is 0 Å². The fourth-order valence-electron chi connectivity index (χ4n) is 18.2. The zero-order chi connectivity index (χ0) is 54.1. The van der Waals surface area contributed by atoms with Crippen molar-refractivity contribution in [3.05, 3.63) is 67.6 Å². The fraction of sp³-hybridized carbons (Fsp3) is 0.842. The molecule has 8 aliphatic carbocycles. The van der Waals surface area contributed by atoms with Crippen LogP contribution in [0, 0.1) is 10.8 Å². The van der Waals surface area contributed by atoms with Gasteiger partial charge in [-0.2, -0.15) is 0 Å². The summed E-state index contributed by atoms with van der Waals surface area (Å²) in [4.78, 5) is 0. The van der Waals surface area contributed by atoms with Crippen LogP contribution in [-0.2, 0) is 14.2 Å². The van der Waals surface area contributed by atoms with Crippen molar-refractivity contribution in [3.8, 4) is 0 Å². The van der Waals surface area contributed by atoms with Crippen LogP contribution in [0.5, 0.6) is 0 Å². The molecule has 2 aliphatic heterocycles. The first-order valence-corrected chi connectivity index (χ1v) is 36.4. The molecule has 2 heterocycles. The van der Waals surface area contributed by atoms with Gasteiger partial charge in [0.1, 0.15) is 33.9 Å². The van der Waals surface area contributed by atoms with Gasteiger partial charge in [0.25, 0.3) is 0 Å². The molecule has 0 unspecified atom stereocenters. The molecule has 10 aliphatic rings. The first kappa shape index (κ1) is 60.1. The van der Waals surface area contributed by atoms with Crippen molar-refractivity contribution in [1.29, 1.82) is 0 Å². The Morgan fingerprint density at radius 1 is 0.241 bits per heavy atom. The molecule has 0 bridgehead atoms. The highest BCUT2D eigenvalue weighted by Crippen LogP contribution is 2.78. The molecule has 3 heteroatoms. The lowest BCUT2D eigenvalue weighted by atomic mass is 9.59. The highest BCUT2D eigenvalue weighted by molar-refractivity contribution is 5.58. The van der Waals surface area contributed by atoms with Gasteiger partial charge in [-0.3, -0.25) is 0 Å². The number of rotatable bonds is 6. The molecule has 3 nitrogen and oxygen atoms in total. The van der Waals surface area contributed by atoms with Crippen LogP contribution in [0.3, 0.4) is 0 Å². The summed E-state index contributed by atoms with van der Waals surface area (Å²) >= 11 is 0. The van der Waals surface area contributed by atoms with Crippen LogP contribution in [0.2, 0.25) is 0 Å². The summed E-state index contributed by atoms with van der Waals surface area (Å²) in [5.74, 6) is 5.78. The maximum absolute atomic E-state index is 9.21. The molecule has 2 saturated heterocycles. The van der Waals surface area contributed by atoms with Crippen LogP contribution in [0.25, 0.3) is 0 Å². The molecule has 79 heavy (non-hydrogen) atoms. The van der Waals surface area contributed by atoms with E-state index in [9.17, 15) is 4.74 Å². The molecule has 0 N–H and O–H groups in total. The van der Waals surface area contributed by atoms with E-state index in [-0.39, 0.29) is 22.0 Å². The normalized spacial score (nSPS) is 28.1. The zero-order valence-corrected chi connectivity index (χ0v) is 52.2. The summed E-state index contributed by atoms with van der Waals surface area (Å²) in [6.45, 7) is 5.45. The summed E-state index contributed by atoms with van der Waals surface area (Å²) in [5, 5.41) is 0. The molecule has 0 spiro atoms. The monoisotopic (exact) mass is 1080 g/mol. The van der Waals surface area contributed by atoms with E-state index >= 15 is 0 Å². The minimum absolute atomic E-state index is 0.294. The van der Waals surface area contributed by atoms with Gasteiger partial charge in [-0.15, -0.1) is 0 Å². The molecule has 0 atom stereocenters. The van der Waals surface area contributed by atoms with Crippen molar-refractivity contribution in [3.63, 3.8) is 0 Å². The van der Waals surface area contributed by atoms with Gasteiger partial charge in [0.15, 0.2) is 0 Å². The minimum atomic E-state index is -0.300. The Morgan fingerprint density at radius 3 is 0.582 bits per heavy atom. The van der Waals surface area contributed by atoms with Crippen LogP contribution in [-0.4, -0.2) is 11.2 Å². The van der Waals surface area contributed by atoms with E-state index in [0.717, 1.165) is 0 Å². The third kappa shape index (κ3) is 14.1. The summed E-state index contributed by atoms with van der Waals surface area (Å²) in [6, 6.07) is 0. The lowest BCUT2D eigenvalue weighted by Crippen LogP contribution is -2.59.